The average Bonchev–Trinajstić information content (AvgIpc) is 2.76. The first-order chi connectivity index (χ1) is 8.61. The zero-order valence-electron chi connectivity index (χ0n) is 10.9. The molecule has 1 aromatic rings. The number of benzene rings is 1. The molecule has 1 aliphatic rings. The highest BCUT2D eigenvalue weighted by molar-refractivity contribution is 5.98. The molecule has 0 saturated heterocycles. The van der Waals surface area contributed by atoms with Crippen molar-refractivity contribution in [2.75, 3.05) is 18.2 Å². The number of carbonyl (C=O) groups is 1. The molecule has 4 heteroatoms. The molecule has 0 aliphatic heterocycles. The Kier molecular flexibility index (Phi) is 3.75. The molecular weight excluding hydrogens is 228 g/mol. The fourth-order valence-electron chi connectivity index (χ4n) is 2.55. The quantitative estimate of drug-likeness (QED) is 0.637. The lowest BCUT2D eigenvalue weighted by atomic mass is 10.1. The second-order valence-electron chi connectivity index (χ2n) is 5.02. The number of esters is 1. The molecule has 2 atom stereocenters. The molecular formula is C14H20N2O2. The molecule has 0 aromatic heterocycles. The van der Waals surface area contributed by atoms with Crippen LogP contribution in [-0.2, 0) is 4.74 Å². The molecule has 0 bridgehead atoms. The molecule has 2 unspecified atom stereocenters. The van der Waals surface area contributed by atoms with Crippen molar-refractivity contribution < 1.29 is 9.53 Å². The van der Waals surface area contributed by atoms with Crippen LogP contribution in [0.5, 0.6) is 0 Å². The smallest absolute Gasteiger partial charge is 0.340 e. The molecule has 0 amide bonds. The van der Waals surface area contributed by atoms with Gasteiger partial charge in [-0.3, -0.25) is 0 Å². The second kappa shape index (κ2) is 5.29. The third kappa shape index (κ3) is 2.58. The third-order valence-corrected chi connectivity index (χ3v) is 3.55. The number of nitrogen functional groups attached to an aromatic ring is 1. The number of methoxy groups -OCH3 is 1. The van der Waals surface area contributed by atoms with E-state index in [9.17, 15) is 4.79 Å². The number of anilines is 2. The van der Waals surface area contributed by atoms with Gasteiger partial charge in [0.1, 0.15) is 0 Å². The minimum Gasteiger partial charge on any atom is -0.465 e. The summed E-state index contributed by atoms with van der Waals surface area (Å²) in [4.78, 5) is 11.7. The molecule has 1 aromatic carbocycles. The van der Waals surface area contributed by atoms with Crippen molar-refractivity contribution in [1.82, 2.24) is 0 Å². The maximum Gasteiger partial charge on any atom is 0.340 e. The highest BCUT2D eigenvalue weighted by Crippen LogP contribution is 2.31. The molecule has 1 aliphatic carbocycles. The molecule has 2 rings (SSSR count). The van der Waals surface area contributed by atoms with E-state index in [2.05, 4.69) is 12.2 Å². The second-order valence-corrected chi connectivity index (χ2v) is 5.02. The Morgan fingerprint density at radius 2 is 2.22 bits per heavy atom. The van der Waals surface area contributed by atoms with E-state index < -0.39 is 0 Å². The van der Waals surface area contributed by atoms with Crippen molar-refractivity contribution >= 4 is 17.3 Å². The monoisotopic (exact) mass is 248 g/mol. The van der Waals surface area contributed by atoms with E-state index in [-0.39, 0.29) is 5.97 Å². The lowest BCUT2D eigenvalue weighted by Crippen LogP contribution is -2.19. The van der Waals surface area contributed by atoms with E-state index in [1.807, 2.05) is 0 Å². The summed E-state index contributed by atoms with van der Waals surface area (Å²) in [5.41, 5.74) is 7.77. The zero-order chi connectivity index (χ0) is 13.1. The molecule has 4 nitrogen and oxygen atoms in total. The Morgan fingerprint density at radius 1 is 1.44 bits per heavy atom. The van der Waals surface area contributed by atoms with Gasteiger partial charge in [0.25, 0.3) is 0 Å². The summed E-state index contributed by atoms with van der Waals surface area (Å²) >= 11 is 0. The largest absolute Gasteiger partial charge is 0.465 e. The van der Waals surface area contributed by atoms with Crippen LogP contribution in [0.15, 0.2) is 18.2 Å². The summed E-state index contributed by atoms with van der Waals surface area (Å²) in [6, 6.07) is 5.70. The van der Waals surface area contributed by atoms with Gasteiger partial charge in [-0.1, -0.05) is 13.0 Å². The van der Waals surface area contributed by atoms with Gasteiger partial charge in [0, 0.05) is 6.04 Å². The number of nitrogens with one attached hydrogen (secondary N) is 1. The highest BCUT2D eigenvalue weighted by atomic mass is 16.5. The van der Waals surface area contributed by atoms with E-state index in [4.69, 9.17) is 10.5 Å². The Hall–Kier alpha value is -1.71. The van der Waals surface area contributed by atoms with Crippen LogP contribution in [0.1, 0.15) is 36.5 Å². The van der Waals surface area contributed by atoms with Crippen LogP contribution in [0.4, 0.5) is 11.4 Å². The Bertz CT molecular complexity index is 445. The van der Waals surface area contributed by atoms with Gasteiger partial charge >= 0.3 is 5.97 Å². The van der Waals surface area contributed by atoms with E-state index in [1.54, 1.807) is 18.2 Å². The zero-order valence-corrected chi connectivity index (χ0v) is 10.9. The fraction of sp³-hybridized carbons (Fsp3) is 0.500. The lowest BCUT2D eigenvalue weighted by molar-refractivity contribution is 0.0602. The van der Waals surface area contributed by atoms with Crippen molar-refractivity contribution in [3.05, 3.63) is 23.8 Å². The minimum absolute atomic E-state index is 0.351. The Balaban J connectivity index is 2.23. The predicted molar refractivity (Wildman–Crippen MR) is 72.6 cm³/mol. The van der Waals surface area contributed by atoms with E-state index in [1.165, 1.54) is 13.5 Å². The van der Waals surface area contributed by atoms with Crippen LogP contribution in [0, 0.1) is 5.92 Å². The first kappa shape index (κ1) is 12.7. The summed E-state index contributed by atoms with van der Waals surface area (Å²) in [5.74, 6) is 0.379. The van der Waals surface area contributed by atoms with E-state index in [0.717, 1.165) is 18.8 Å². The van der Waals surface area contributed by atoms with Gasteiger partial charge in [-0.2, -0.15) is 0 Å². The van der Waals surface area contributed by atoms with Crippen molar-refractivity contribution in [2.24, 2.45) is 5.92 Å². The molecule has 0 radical (unpaired) electrons. The lowest BCUT2D eigenvalue weighted by Gasteiger charge is -2.18. The summed E-state index contributed by atoms with van der Waals surface area (Å²) in [5, 5.41) is 3.40. The number of carbonyl (C=O) groups excluding carboxylic acids is 1. The number of hydrogen-bond donors (Lipinski definition) is 2. The average molecular weight is 248 g/mol. The van der Waals surface area contributed by atoms with Crippen molar-refractivity contribution in [3.8, 4) is 0 Å². The van der Waals surface area contributed by atoms with Gasteiger partial charge in [-0.25, -0.2) is 4.79 Å². The number of para-hydroxylation sites is 1. The van der Waals surface area contributed by atoms with Crippen molar-refractivity contribution in [3.63, 3.8) is 0 Å². The predicted octanol–water partition coefficient (Wildman–Crippen LogP) is 2.66. The topological polar surface area (TPSA) is 64.3 Å². The Morgan fingerprint density at radius 3 is 2.83 bits per heavy atom. The van der Waals surface area contributed by atoms with E-state index in [0.29, 0.717) is 23.0 Å². The third-order valence-electron chi connectivity index (χ3n) is 3.55. The SMILES string of the molecule is COC(=O)c1cccc(N)c1NC1CCC(C)C1. The van der Waals surface area contributed by atoms with Crippen LogP contribution in [0.25, 0.3) is 0 Å². The first-order valence-corrected chi connectivity index (χ1v) is 6.35. The molecule has 0 spiro atoms. The molecule has 3 N–H and O–H groups in total. The minimum atomic E-state index is -0.351. The van der Waals surface area contributed by atoms with Gasteiger partial charge in [-0.05, 0) is 37.3 Å². The molecule has 1 saturated carbocycles. The van der Waals surface area contributed by atoms with Gasteiger partial charge < -0.3 is 15.8 Å². The van der Waals surface area contributed by atoms with Crippen LogP contribution >= 0.6 is 0 Å². The molecule has 0 heterocycles. The highest BCUT2D eigenvalue weighted by Gasteiger charge is 2.23. The van der Waals surface area contributed by atoms with Crippen molar-refractivity contribution in [2.45, 2.75) is 32.2 Å². The van der Waals surface area contributed by atoms with Gasteiger partial charge in [0.15, 0.2) is 0 Å². The summed E-state index contributed by atoms with van der Waals surface area (Å²) in [6.45, 7) is 2.25. The maximum atomic E-state index is 11.7. The Labute approximate surface area is 108 Å². The normalized spacial score (nSPS) is 22.8. The fourth-order valence-corrected chi connectivity index (χ4v) is 2.55. The number of hydrogen-bond acceptors (Lipinski definition) is 4. The first-order valence-electron chi connectivity index (χ1n) is 6.35. The summed E-state index contributed by atoms with van der Waals surface area (Å²) < 4.78 is 4.78. The summed E-state index contributed by atoms with van der Waals surface area (Å²) in [6.07, 6.45) is 3.46. The van der Waals surface area contributed by atoms with Crippen LogP contribution in [0.3, 0.4) is 0 Å². The molecule has 98 valence electrons. The van der Waals surface area contributed by atoms with Gasteiger partial charge in [0.2, 0.25) is 0 Å². The maximum absolute atomic E-state index is 11.7. The van der Waals surface area contributed by atoms with E-state index >= 15 is 0 Å². The number of nitrogens with two attached hydrogens (primary N) is 1. The molecule has 1 fully saturated rings. The van der Waals surface area contributed by atoms with Crippen LogP contribution in [0.2, 0.25) is 0 Å². The van der Waals surface area contributed by atoms with Crippen LogP contribution in [-0.4, -0.2) is 19.1 Å². The number of ether oxygens (including phenoxy) is 1. The molecule has 18 heavy (non-hydrogen) atoms. The van der Waals surface area contributed by atoms with Crippen LogP contribution < -0.4 is 11.1 Å². The summed E-state index contributed by atoms with van der Waals surface area (Å²) in [7, 11) is 1.38. The van der Waals surface area contributed by atoms with Gasteiger partial charge in [-0.15, -0.1) is 0 Å². The standard InChI is InChI=1S/C14H20N2O2/c1-9-6-7-10(8-9)16-13-11(14(17)18-2)4-3-5-12(13)15/h3-5,9-10,16H,6-8,15H2,1-2H3. The van der Waals surface area contributed by atoms with Gasteiger partial charge in [0.05, 0.1) is 24.0 Å². The number of rotatable bonds is 3. The van der Waals surface area contributed by atoms with Crippen molar-refractivity contribution in [1.29, 1.82) is 0 Å².